The molecule has 2 aromatic rings. The van der Waals surface area contributed by atoms with Crippen LogP contribution >= 0.6 is 0 Å². The van der Waals surface area contributed by atoms with Gasteiger partial charge in [0.25, 0.3) is 0 Å². The summed E-state index contributed by atoms with van der Waals surface area (Å²) in [6.45, 7) is 6.38. The van der Waals surface area contributed by atoms with E-state index in [1.54, 1.807) is 6.26 Å². The van der Waals surface area contributed by atoms with Crippen LogP contribution in [0.25, 0.3) is 11.0 Å². The molecule has 0 aliphatic rings. The molecule has 0 unspecified atom stereocenters. The maximum atomic E-state index is 11.7. The molecule has 0 aliphatic heterocycles. The quantitative estimate of drug-likeness (QED) is 0.902. The van der Waals surface area contributed by atoms with Crippen LogP contribution in [0.2, 0.25) is 0 Å². The van der Waals surface area contributed by atoms with Crippen LogP contribution in [0, 0.1) is 5.41 Å². The Hall–Kier alpha value is -1.77. The predicted octanol–water partition coefficient (Wildman–Crippen LogP) is 3.14. The molecule has 3 nitrogen and oxygen atoms in total. The van der Waals surface area contributed by atoms with E-state index in [4.69, 9.17) is 4.42 Å². The van der Waals surface area contributed by atoms with Crippen molar-refractivity contribution in [3.05, 3.63) is 36.1 Å². The number of fused-ring (bicyclic) bond motifs is 1. The van der Waals surface area contributed by atoms with Gasteiger partial charge in [0.15, 0.2) is 0 Å². The Labute approximate surface area is 107 Å². The van der Waals surface area contributed by atoms with Gasteiger partial charge in [0.1, 0.15) is 5.58 Å². The molecule has 2 rings (SSSR count). The maximum Gasteiger partial charge on any atom is 0.225 e. The number of amides is 1. The van der Waals surface area contributed by atoms with E-state index in [-0.39, 0.29) is 11.3 Å². The van der Waals surface area contributed by atoms with Crippen LogP contribution in [0.15, 0.2) is 34.9 Å². The number of benzene rings is 1. The van der Waals surface area contributed by atoms with Crippen LogP contribution in [-0.2, 0) is 11.2 Å². The first-order valence-electron chi connectivity index (χ1n) is 6.22. The van der Waals surface area contributed by atoms with Gasteiger partial charge >= 0.3 is 0 Å². The Balaban J connectivity index is 1.97. The van der Waals surface area contributed by atoms with Crippen molar-refractivity contribution in [2.24, 2.45) is 5.41 Å². The highest BCUT2D eigenvalue weighted by molar-refractivity contribution is 5.82. The second-order valence-electron chi connectivity index (χ2n) is 5.51. The van der Waals surface area contributed by atoms with Crippen molar-refractivity contribution in [2.45, 2.75) is 27.2 Å². The molecule has 0 fully saturated rings. The third kappa shape index (κ3) is 2.73. The summed E-state index contributed by atoms with van der Waals surface area (Å²) in [5, 5.41) is 4.07. The molecule has 0 radical (unpaired) electrons. The van der Waals surface area contributed by atoms with Gasteiger partial charge in [-0.25, -0.2) is 0 Å². The second kappa shape index (κ2) is 4.84. The Kier molecular flexibility index (Phi) is 3.41. The summed E-state index contributed by atoms with van der Waals surface area (Å²) in [5.74, 6) is 0.0790. The summed E-state index contributed by atoms with van der Waals surface area (Å²) in [6.07, 6.45) is 2.56. The van der Waals surface area contributed by atoms with Gasteiger partial charge in [-0.3, -0.25) is 4.79 Å². The van der Waals surface area contributed by atoms with E-state index < -0.39 is 0 Å². The summed E-state index contributed by atoms with van der Waals surface area (Å²) >= 11 is 0. The molecule has 0 spiro atoms. The highest BCUT2D eigenvalue weighted by Crippen LogP contribution is 2.20. The number of para-hydroxylation sites is 1. The van der Waals surface area contributed by atoms with Gasteiger partial charge in [0, 0.05) is 17.3 Å². The van der Waals surface area contributed by atoms with Gasteiger partial charge in [-0.2, -0.15) is 0 Å². The van der Waals surface area contributed by atoms with E-state index in [2.05, 4.69) is 5.32 Å². The number of hydrogen-bond donors (Lipinski definition) is 1. The lowest BCUT2D eigenvalue weighted by Gasteiger charge is -2.17. The largest absolute Gasteiger partial charge is 0.464 e. The van der Waals surface area contributed by atoms with Gasteiger partial charge in [0.05, 0.1) is 6.26 Å². The van der Waals surface area contributed by atoms with Crippen molar-refractivity contribution in [1.82, 2.24) is 5.32 Å². The number of furan rings is 1. The third-order valence-electron chi connectivity index (χ3n) is 2.92. The van der Waals surface area contributed by atoms with Gasteiger partial charge in [-0.1, -0.05) is 39.0 Å². The number of rotatable bonds is 3. The van der Waals surface area contributed by atoms with Crippen molar-refractivity contribution >= 4 is 16.9 Å². The standard InChI is InChI=1S/C15H19NO2/c1-15(2,3)14(17)16-9-8-11-10-18-13-7-5-4-6-12(11)13/h4-7,10H,8-9H2,1-3H3,(H,16,17). The summed E-state index contributed by atoms with van der Waals surface area (Å²) in [5.41, 5.74) is 1.70. The molecule has 1 heterocycles. The first-order chi connectivity index (χ1) is 8.48. The Morgan fingerprint density at radius 2 is 2.00 bits per heavy atom. The monoisotopic (exact) mass is 245 g/mol. The fourth-order valence-corrected chi connectivity index (χ4v) is 1.80. The van der Waals surface area contributed by atoms with Crippen molar-refractivity contribution < 1.29 is 9.21 Å². The normalized spacial score (nSPS) is 11.7. The van der Waals surface area contributed by atoms with E-state index in [0.29, 0.717) is 6.54 Å². The molecule has 1 aromatic heterocycles. The lowest BCUT2D eigenvalue weighted by Crippen LogP contribution is -2.35. The zero-order valence-electron chi connectivity index (χ0n) is 11.1. The summed E-state index contributed by atoms with van der Waals surface area (Å²) in [6, 6.07) is 7.94. The van der Waals surface area contributed by atoms with Crippen LogP contribution in [0.4, 0.5) is 0 Å². The molecule has 0 aliphatic carbocycles. The second-order valence-corrected chi connectivity index (χ2v) is 5.51. The molecule has 1 N–H and O–H groups in total. The van der Waals surface area contributed by atoms with Gasteiger partial charge < -0.3 is 9.73 Å². The topological polar surface area (TPSA) is 42.2 Å². The first-order valence-corrected chi connectivity index (χ1v) is 6.22. The van der Waals surface area contributed by atoms with Crippen molar-refractivity contribution in [3.63, 3.8) is 0 Å². The fraction of sp³-hybridized carbons (Fsp3) is 0.400. The summed E-state index contributed by atoms with van der Waals surface area (Å²) < 4.78 is 5.46. The number of nitrogens with one attached hydrogen (secondary N) is 1. The summed E-state index contributed by atoms with van der Waals surface area (Å²) in [7, 11) is 0. The van der Waals surface area contributed by atoms with E-state index in [0.717, 1.165) is 23.0 Å². The Morgan fingerprint density at radius 3 is 2.72 bits per heavy atom. The molecule has 1 aromatic carbocycles. The predicted molar refractivity (Wildman–Crippen MR) is 72.4 cm³/mol. The van der Waals surface area contributed by atoms with E-state index in [9.17, 15) is 4.79 Å². The van der Waals surface area contributed by atoms with Crippen LogP contribution in [0.5, 0.6) is 0 Å². The van der Waals surface area contributed by atoms with Crippen LogP contribution in [-0.4, -0.2) is 12.5 Å². The molecule has 0 saturated carbocycles. The van der Waals surface area contributed by atoms with Crippen LogP contribution < -0.4 is 5.32 Å². The van der Waals surface area contributed by atoms with Crippen molar-refractivity contribution in [2.75, 3.05) is 6.54 Å². The zero-order chi connectivity index (χ0) is 13.2. The average molecular weight is 245 g/mol. The highest BCUT2D eigenvalue weighted by Gasteiger charge is 2.20. The van der Waals surface area contributed by atoms with Crippen LogP contribution in [0.1, 0.15) is 26.3 Å². The van der Waals surface area contributed by atoms with E-state index in [1.165, 1.54) is 0 Å². The molecule has 3 heteroatoms. The molecule has 0 atom stereocenters. The first kappa shape index (κ1) is 12.7. The van der Waals surface area contributed by atoms with E-state index >= 15 is 0 Å². The van der Waals surface area contributed by atoms with Gasteiger partial charge in [-0.05, 0) is 18.1 Å². The number of hydrogen-bond acceptors (Lipinski definition) is 2. The Bertz CT molecular complexity index is 549. The van der Waals surface area contributed by atoms with E-state index in [1.807, 2.05) is 45.0 Å². The van der Waals surface area contributed by atoms with Crippen molar-refractivity contribution in [1.29, 1.82) is 0 Å². The molecule has 96 valence electrons. The molecule has 0 bridgehead atoms. The smallest absolute Gasteiger partial charge is 0.225 e. The molecule has 0 saturated heterocycles. The maximum absolute atomic E-state index is 11.7. The Morgan fingerprint density at radius 1 is 1.28 bits per heavy atom. The minimum Gasteiger partial charge on any atom is -0.464 e. The third-order valence-corrected chi connectivity index (χ3v) is 2.92. The van der Waals surface area contributed by atoms with Crippen molar-refractivity contribution in [3.8, 4) is 0 Å². The van der Waals surface area contributed by atoms with Gasteiger partial charge in [0.2, 0.25) is 5.91 Å². The lowest BCUT2D eigenvalue weighted by atomic mass is 9.95. The molecule has 1 amide bonds. The highest BCUT2D eigenvalue weighted by atomic mass is 16.3. The lowest BCUT2D eigenvalue weighted by molar-refractivity contribution is -0.128. The molecule has 18 heavy (non-hydrogen) atoms. The molecular formula is C15H19NO2. The van der Waals surface area contributed by atoms with Gasteiger partial charge in [-0.15, -0.1) is 0 Å². The number of carbonyl (C=O) groups excluding carboxylic acids is 1. The average Bonchev–Trinajstić information content (AvgIpc) is 2.71. The minimum atomic E-state index is -0.335. The minimum absolute atomic E-state index is 0.0790. The molecular weight excluding hydrogens is 226 g/mol. The van der Waals surface area contributed by atoms with Crippen LogP contribution in [0.3, 0.4) is 0 Å². The SMILES string of the molecule is CC(C)(C)C(=O)NCCc1coc2ccccc12. The summed E-state index contributed by atoms with van der Waals surface area (Å²) in [4.78, 5) is 11.7. The zero-order valence-corrected chi connectivity index (χ0v) is 11.1. The fourth-order valence-electron chi connectivity index (χ4n) is 1.80. The number of carbonyl (C=O) groups is 1.